The first-order chi connectivity index (χ1) is 18.7. The standard InChI is InChI=1S/C26H30N2O10S/c1-4-5-6-39(32,33)28-26(31)27-23-15-10-18-17(37-12-38-18)9-14(15)21(22-16(23)11-36-25(22)30)13-7-19(34-2)24(29)20(8-13)35-3/h7-10,16,21-23,29H,4-6,11-12H2,1-3H3,(H2,27,28,31)/t16-,21+,22-,23+/m0/s1. The van der Waals surface area contributed by atoms with E-state index in [4.69, 9.17) is 23.7 Å². The molecule has 2 aromatic carbocycles. The first kappa shape index (κ1) is 26.7. The largest absolute Gasteiger partial charge is 0.502 e. The van der Waals surface area contributed by atoms with Crippen LogP contribution in [-0.2, 0) is 19.6 Å². The van der Waals surface area contributed by atoms with Gasteiger partial charge in [-0.05, 0) is 47.4 Å². The lowest BCUT2D eigenvalue weighted by Gasteiger charge is -2.39. The van der Waals surface area contributed by atoms with E-state index in [0.29, 0.717) is 41.0 Å². The van der Waals surface area contributed by atoms with Gasteiger partial charge in [0.05, 0.1) is 38.5 Å². The fraction of sp³-hybridized carbons (Fsp3) is 0.462. The smallest absolute Gasteiger partial charge is 0.328 e. The second-order valence-electron chi connectivity index (χ2n) is 9.63. The molecule has 0 radical (unpaired) electrons. The average molecular weight is 563 g/mol. The van der Waals surface area contributed by atoms with Crippen LogP contribution in [0.3, 0.4) is 0 Å². The molecule has 1 saturated heterocycles. The second kappa shape index (κ2) is 10.4. The summed E-state index contributed by atoms with van der Waals surface area (Å²) in [7, 11) is -1.03. The summed E-state index contributed by atoms with van der Waals surface area (Å²) in [5.41, 5.74) is 1.88. The number of hydrogen-bond acceptors (Lipinski definition) is 10. The molecule has 3 aliphatic rings. The van der Waals surface area contributed by atoms with Crippen molar-refractivity contribution in [3.8, 4) is 28.7 Å². The fourth-order valence-corrected chi connectivity index (χ4v) is 6.65. The summed E-state index contributed by atoms with van der Waals surface area (Å²) < 4.78 is 54.2. The summed E-state index contributed by atoms with van der Waals surface area (Å²) >= 11 is 0. The van der Waals surface area contributed by atoms with Crippen molar-refractivity contribution in [2.24, 2.45) is 11.8 Å². The van der Waals surface area contributed by atoms with Crippen molar-refractivity contribution in [2.75, 3.05) is 33.4 Å². The predicted molar refractivity (Wildman–Crippen MR) is 137 cm³/mol. The Bertz CT molecular complexity index is 1380. The third-order valence-corrected chi connectivity index (χ3v) is 8.67. The second-order valence-corrected chi connectivity index (χ2v) is 11.5. The lowest BCUT2D eigenvalue weighted by molar-refractivity contribution is -0.141. The van der Waals surface area contributed by atoms with Gasteiger partial charge >= 0.3 is 12.0 Å². The molecule has 0 saturated carbocycles. The Hall–Kier alpha value is -3.87. The van der Waals surface area contributed by atoms with Gasteiger partial charge in [0.2, 0.25) is 22.6 Å². The lowest BCUT2D eigenvalue weighted by atomic mass is 9.65. The number of nitrogens with one attached hydrogen (secondary N) is 2. The van der Waals surface area contributed by atoms with E-state index >= 15 is 0 Å². The quantitative estimate of drug-likeness (QED) is 0.408. The Kier molecular flexibility index (Phi) is 7.10. The van der Waals surface area contributed by atoms with Crippen LogP contribution < -0.4 is 29.0 Å². The van der Waals surface area contributed by atoms with Gasteiger partial charge in [0.1, 0.15) is 0 Å². The minimum atomic E-state index is -3.84. The van der Waals surface area contributed by atoms with Crippen molar-refractivity contribution in [3.05, 3.63) is 41.0 Å². The van der Waals surface area contributed by atoms with Crippen LogP contribution in [-0.4, -0.2) is 58.9 Å². The third-order valence-electron chi connectivity index (χ3n) is 7.35. The summed E-state index contributed by atoms with van der Waals surface area (Å²) in [6.07, 6.45) is 1.07. The Balaban J connectivity index is 1.61. The van der Waals surface area contributed by atoms with E-state index in [1.165, 1.54) is 14.2 Å². The van der Waals surface area contributed by atoms with Gasteiger partial charge in [0.15, 0.2) is 23.0 Å². The van der Waals surface area contributed by atoms with Crippen molar-refractivity contribution >= 4 is 22.0 Å². The normalized spacial score (nSPS) is 22.9. The van der Waals surface area contributed by atoms with Crippen LogP contribution in [0.1, 0.15) is 48.4 Å². The van der Waals surface area contributed by atoms with E-state index in [2.05, 4.69) is 10.0 Å². The number of urea groups is 1. The highest BCUT2D eigenvalue weighted by Crippen LogP contribution is 2.55. The minimum Gasteiger partial charge on any atom is -0.502 e. The molecule has 39 heavy (non-hydrogen) atoms. The molecule has 4 atom stereocenters. The van der Waals surface area contributed by atoms with E-state index in [1.807, 2.05) is 6.92 Å². The number of phenolic OH excluding ortho intramolecular Hbond substituents is 1. The van der Waals surface area contributed by atoms with E-state index < -0.39 is 45.8 Å². The monoisotopic (exact) mass is 562 g/mol. The van der Waals surface area contributed by atoms with Gasteiger partial charge in [-0.25, -0.2) is 17.9 Å². The average Bonchev–Trinajstić information content (AvgIpc) is 3.52. The van der Waals surface area contributed by atoms with Crippen LogP contribution in [0, 0.1) is 11.8 Å². The highest BCUT2D eigenvalue weighted by Gasteiger charge is 2.53. The highest BCUT2D eigenvalue weighted by atomic mass is 32.2. The third kappa shape index (κ3) is 4.86. The molecule has 0 aromatic heterocycles. The van der Waals surface area contributed by atoms with Gasteiger partial charge in [-0.2, -0.15) is 0 Å². The molecule has 1 aliphatic carbocycles. The van der Waals surface area contributed by atoms with Crippen LogP contribution in [0.15, 0.2) is 24.3 Å². The van der Waals surface area contributed by atoms with Crippen molar-refractivity contribution < 1.29 is 46.8 Å². The van der Waals surface area contributed by atoms with Gasteiger partial charge in [-0.3, -0.25) is 4.79 Å². The van der Waals surface area contributed by atoms with E-state index in [0.717, 1.165) is 0 Å². The predicted octanol–water partition coefficient (Wildman–Crippen LogP) is 2.54. The van der Waals surface area contributed by atoms with Gasteiger partial charge in [0.25, 0.3) is 0 Å². The van der Waals surface area contributed by atoms with Crippen molar-refractivity contribution in [1.29, 1.82) is 0 Å². The SMILES string of the molecule is CCCCS(=O)(=O)NC(=O)N[C@@H]1c2cc3c(cc2[C@@H](c2cc(OC)c(O)c(OC)c2)[C@H]2C(=O)OC[C@@H]21)OCO3. The zero-order valence-corrected chi connectivity index (χ0v) is 22.5. The number of cyclic esters (lactones) is 1. The number of phenols is 1. The Morgan fingerprint density at radius 1 is 1.05 bits per heavy atom. The number of methoxy groups -OCH3 is 2. The number of amides is 2. The zero-order chi connectivity index (χ0) is 27.9. The lowest BCUT2D eigenvalue weighted by Crippen LogP contribution is -2.47. The molecule has 0 unspecified atom stereocenters. The van der Waals surface area contributed by atoms with E-state index in [9.17, 15) is 23.1 Å². The summed E-state index contributed by atoms with van der Waals surface area (Å²) in [6.45, 7) is 1.87. The maximum Gasteiger partial charge on any atom is 0.328 e. The van der Waals surface area contributed by atoms with Crippen molar-refractivity contribution in [3.63, 3.8) is 0 Å². The molecule has 0 spiro atoms. The molecular weight excluding hydrogens is 532 g/mol. The fourth-order valence-electron chi connectivity index (χ4n) is 5.54. The molecule has 210 valence electrons. The minimum absolute atomic E-state index is 0.00685. The highest BCUT2D eigenvalue weighted by molar-refractivity contribution is 7.90. The molecule has 13 heteroatoms. The first-order valence-corrected chi connectivity index (χ1v) is 14.2. The molecule has 2 amide bonds. The number of ether oxygens (including phenoxy) is 5. The first-order valence-electron chi connectivity index (χ1n) is 12.5. The number of benzene rings is 2. The Labute approximate surface area is 225 Å². The summed E-state index contributed by atoms with van der Waals surface area (Å²) in [6, 6.07) is 5.06. The maximum absolute atomic E-state index is 13.2. The molecule has 0 bridgehead atoms. The summed E-state index contributed by atoms with van der Waals surface area (Å²) in [4.78, 5) is 26.1. The molecule has 1 fully saturated rings. The van der Waals surface area contributed by atoms with Crippen LogP contribution in [0.2, 0.25) is 0 Å². The molecule has 12 nitrogen and oxygen atoms in total. The number of hydrogen-bond donors (Lipinski definition) is 3. The molecular formula is C26H30N2O10S. The molecule has 3 N–H and O–H groups in total. The number of sulfonamides is 1. The number of esters is 1. The summed E-state index contributed by atoms with van der Waals surface area (Å²) in [5, 5.41) is 13.2. The van der Waals surface area contributed by atoms with Crippen molar-refractivity contribution in [1.82, 2.24) is 10.0 Å². The maximum atomic E-state index is 13.2. The van der Waals surface area contributed by atoms with Crippen LogP contribution in [0.25, 0.3) is 0 Å². The topological polar surface area (TPSA) is 159 Å². The van der Waals surface area contributed by atoms with Crippen LogP contribution in [0.5, 0.6) is 28.7 Å². The van der Waals surface area contributed by atoms with Gasteiger partial charge < -0.3 is 34.1 Å². The molecule has 5 rings (SSSR count). The number of unbranched alkanes of at least 4 members (excludes halogenated alkanes) is 1. The number of rotatable bonds is 8. The van der Waals surface area contributed by atoms with Gasteiger partial charge in [0, 0.05) is 11.8 Å². The Morgan fingerprint density at radius 2 is 1.69 bits per heavy atom. The summed E-state index contributed by atoms with van der Waals surface area (Å²) in [5.74, 6) is -1.48. The van der Waals surface area contributed by atoms with Gasteiger partial charge in [-0.1, -0.05) is 13.3 Å². The molecule has 2 aromatic rings. The zero-order valence-electron chi connectivity index (χ0n) is 21.7. The van der Waals surface area contributed by atoms with Crippen molar-refractivity contribution in [2.45, 2.75) is 31.7 Å². The number of fused-ring (bicyclic) bond motifs is 3. The number of aromatic hydroxyl groups is 1. The van der Waals surface area contributed by atoms with E-state index in [1.54, 1.807) is 24.3 Å². The number of carbonyl (C=O) groups is 2. The van der Waals surface area contributed by atoms with Crippen LogP contribution >= 0.6 is 0 Å². The van der Waals surface area contributed by atoms with E-state index in [-0.39, 0.29) is 36.4 Å². The molecule has 2 aliphatic heterocycles. The number of carbonyl (C=O) groups excluding carboxylic acids is 2. The van der Waals surface area contributed by atoms with Crippen LogP contribution in [0.4, 0.5) is 4.79 Å². The van der Waals surface area contributed by atoms with Gasteiger partial charge in [-0.15, -0.1) is 0 Å². The Morgan fingerprint density at radius 3 is 2.31 bits per heavy atom. The molecule has 2 heterocycles.